The van der Waals surface area contributed by atoms with Gasteiger partial charge in [-0.25, -0.2) is 0 Å². The molecular weight excluding hydrogens is 244 g/mol. The molecule has 0 aromatic heterocycles. The van der Waals surface area contributed by atoms with Crippen molar-refractivity contribution in [3.05, 3.63) is 39.9 Å². The Morgan fingerprint density at radius 3 is 2.37 bits per heavy atom. The average molecular weight is 266 g/mol. The van der Waals surface area contributed by atoms with Crippen molar-refractivity contribution in [3.63, 3.8) is 0 Å². The van der Waals surface area contributed by atoms with Crippen LogP contribution in [0.1, 0.15) is 38.8 Å². The highest BCUT2D eigenvalue weighted by molar-refractivity contribution is 5.34. The molecule has 5 heteroatoms. The zero-order chi connectivity index (χ0) is 14.4. The Balaban J connectivity index is 2.53. The molecule has 0 saturated carbocycles. The van der Waals surface area contributed by atoms with E-state index in [1.54, 1.807) is 12.1 Å². The summed E-state index contributed by atoms with van der Waals surface area (Å²) in [6.45, 7) is 6.56. The van der Waals surface area contributed by atoms with Crippen LogP contribution in [-0.2, 0) is 0 Å². The monoisotopic (exact) mass is 266 g/mol. The lowest BCUT2D eigenvalue weighted by Crippen LogP contribution is -2.33. The van der Waals surface area contributed by atoms with E-state index in [0.29, 0.717) is 6.54 Å². The van der Waals surface area contributed by atoms with E-state index in [-0.39, 0.29) is 23.8 Å². The molecule has 0 bridgehead atoms. The third-order valence-corrected chi connectivity index (χ3v) is 3.54. The summed E-state index contributed by atoms with van der Waals surface area (Å²) >= 11 is 0. The average Bonchev–Trinajstić information content (AvgIpc) is 2.43. The Labute approximate surface area is 113 Å². The standard InChI is InChI=1S/C14H22N2O3/c1-4-10(2)14(17)9-15-11(3)12-5-7-13(8-6-12)16(18)19/h5-8,10-11,14-15,17H,4,9H2,1-3H3. The molecule has 0 fully saturated rings. The van der Waals surface area contributed by atoms with E-state index in [1.165, 1.54) is 12.1 Å². The van der Waals surface area contributed by atoms with E-state index in [9.17, 15) is 15.2 Å². The summed E-state index contributed by atoms with van der Waals surface area (Å²) in [4.78, 5) is 10.2. The quantitative estimate of drug-likeness (QED) is 0.587. The predicted molar refractivity (Wildman–Crippen MR) is 75.0 cm³/mol. The van der Waals surface area contributed by atoms with E-state index in [2.05, 4.69) is 5.32 Å². The molecule has 106 valence electrons. The van der Waals surface area contributed by atoms with Crippen molar-refractivity contribution in [3.8, 4) is 0 Å². The summed E-state index contributed by atoms with van der Waals surface area (Å²) in [5, 5.41) is 23.7. The van der Waals surface area contributed by atoms with Crippen LogP contribution in [-0.4, -0.2) is 22.7 Å². The molecule has 0 heterocycles. The maximum absolute atomic E-state index is 10.6. The molecule has 1 aromatic rings. The largest absolute Gasteiger partial charge is 0.392 e. The molecule has 0 aliphatic rings. The highest BCUT2D eigenvalue weighted by atomic mass is 16.6. The summed E-state index contributed by atoms with van der Waals surface area (Å²) in [5.41, 5.74) is 1.07. The number of hydrogen-bond donors (Lipinski definition) is 2. The molecule has 1 aromatic carbocycles. The number of nitro groups is 1. The number of non-ortho nitro benzene ring substituents is 1. The number of aliphatic hydroxyl groups is 1. The second-order valence-corrected chi connectivity index (χ2v) is 4.93. The maximum Gasteiger partial charge on any atom is 0.269 e. The summed E-state index contributed by atoms with van der Waals surface area (Å²) in [5.74, 6) is 0.261. The fourth-order valence-corrected chi connectivity index (χ4v) is 1.77. The van der Waals surface area contributed by atoms with Crippen LogP contribution < -0.4 is 5.32 Å². The van der Waals surface area contributed by atoms with Gasteiger partial charge in [0.15, 0.2) is 0 Å². The highest BCUT2D eigenvalue weighted by Crippen LogP contribution is 2.17. The first-order valence-corrected chi connectivity index (χ1v) is 6.61. The van der Waals surface area contributed by atoms with E-state index in [1.807, 2.05) is 20.8 Å². The first-order chi connectivity index (χ1) is 8.95. The molecule has 0 aliphatic carbocycles. The van der Waals surface area contributed by atoms with Crippen molar-refractivity contribution in [2.75, 3.05) is 6.54 Å². The number of hydrogen-bond acceptors (Lipinski definition) is 4. The van der Waals surface area contributed by atoms with Crippen molar-refractivity contribution in [1.29, 1.82) is 0 Å². The smallest absolute Gasteiger partial charge is 0.269 e. The molecule has 0 radical (unpaired) electrons. The Morgan fingerprint density at radius 2 is 1.89 bits per heavy atom. The molecule has 0 spiro atoms. The predicted octanol–water partition coefficient (Wildman–Crippen LogP) is 2.65. The van der Waals surface area contributed by atoms with Gasteiger partial charge in [-0.2, -0.15) is 0 Å². The third kappa shape index (κ3) is 4.61. The summed E-state index contributed by atoms with van der Waals surface area (Å²) in [6.07, 6.45) is 0.569. The number of nitrogens with zero attached hydrogens (tertiary/aromatic N) is 1. The third-order valence-electron chi connectivity index (χ3n) is 3.54. The zero-order valence-electron chi connectivity index (χ0n) is 11.7. The van der Waals surface area contributed by atoms with Gasteiger partial charge in [0.2, 0.25) is 0 Å². The normalized spacial score (nSPS) is 15.8. The number of rotatable bonds is 7. The first-order valence-electron chi connectivity index (χ1n) is 6.61. The van der Waals surface area contributed by atoms with Crippen LogP contribution in [0.25, 0.3) is 0 Å². The van der Waals surface area contributed by atoms with Crippen LogP contribution in [0.15, 0.2) is 24.3 Å². The van der Waals surface area contributed by atoms with Gasteiger partial charge in [0.05, 0.1) is 11.0 Å². The molecule has 0 amide bonds. The van der Waals surface area contributed by atoms with Crippen LogP contribution in [0.2, 0.25) is 0 Å². The van der Waals surface area contributed by atoms with E-state index in [0.717, 1.165) is 12.0 Å². The molecule has 0 saturated heterocycles. The second-order valence-electron chi connectivity index (χ2n) is 4.93. The van der Waals surface area contributed by atoms with Crippen molar-refractivity contribution >= 4 is 5.69 Å². The Kier molecular flexibility index (Phi) is 5.92. The Bertz CT molecular complexity index is 406. The van der Waals surface area contributed by atoms with E-state index < -0.39 is 4.92 Å². The number of nitro benzene ring substituents is 1. The lowest BCUT2D eigenvalue weighted by Gasteiger charge is -2.21. The van der Waals surface area contributed by atoms with Gasteiger partial charge >= 0.3 is 0 Å². The van der Waals surface area contributed by atoms with Crippen molar-refractivity contribution in [2.24, 2.45) is 5.92 Å². The van der Waals surface area contributed by atoms with Crippen molar-refractivity contribution in [2.45, 2.75) is 39.3 Å². The number of aliphatic hydroxyl groups excluding tert-OH is 1. The number of benzene rings is 1. The van der Waals surface area contributed by atoms with E-state index in [4.69, 9.17) is 0 Å². The minimum absolute atomic E-state index is 0.0551. The van der Waals surface area contributed by atoms with Gasteiger partial charge in [-0.3, -0.25) is 10.1 Å². The van der Waals surface area contributed by atoms with Crippen molar-refractivity contribution < 1.29 is 10.0 Å². The number of nitrogens with one attached hydrogen (secondary N) is 1. The maximum atomic E-state index is 10.6. The molecule has 3 unspecified atom stereocenters. The minimum atomic E-state index is -0.408. The van der Waals surface area contributed by atoms with Gasteiger partial charge in [0.1, 0.15) is 0 Å². The fourth-order valence-electron chi connectivity index (χ4n) is 1.77. The van der Waals surface area contributed by atoms with Gasteiger partial charge < -0.3 is 10.4 Å². The summed E-state index contributed by atoms with van der Waals surface area (Å²) in [6, 6.07) is 6.54. The molecule has 0 aliphatic heterocycles. The second kappa shape index (κ2) is 7.21. The first kappa shape index (κ1) is 15.6. The Morgan fingerprint density at radius 1 is 1.32 bits per heavy atom. The minimum Gasteiger partial charge on any atom is -0.392 e. The SMILES string of the molecule is CCC(C)C(O)CNC(C)c1ccc([N+](=O)[O-])cc1. The summed E-state index contributed by atoms with van der Waals surface area (Å²) < 4.78 is 0. The molecule has 19 heavy (non-hydrogen) atoms. The van der Waals surface area contributed by atoms with Crippen molar-refractivity contribution in [1.82, 2.24) is 5.32 Å². The molecule has 2 N–H and O–H groups in total. The summed E-state index contributed by atoms with van der Waals surface area (Å²) in [7, 11) is 0. The molecular formula is C14H22N2O3. The van der Waals surface area contributed by atoms with Crippen LogP contribution >= 0.6 is 0 Å². The molecule has 5 nitrogen and oxygen atoms in total. The molecule has 1 rings (SSSR count). The molecule has 3 atom stereocenters. The van der Waals surface area contributed by atoms with Crippen LogP contribution in [0.3, 0.4) is 0 Å². The van der Waals surface area contributed by atoms with Gasteiger partial charge in [-0.1, -0.05) is 32.4 Å². The highest BCUT2D eigenvalue weighted by Gasteiger charge is 2.14. The van der Waals surface area contributed by atoms with Gasteiger partial charge in [-0.15, -0.1) is 0 Å². The van der Waals surface area contributed by atoms with Gasteiger partial charge in [-0.05, 0) is 18.4 Å². The zero-order valence-corrected chi connectivity index (χ0v) is 11.7. The van der Waals surface area contributed by atoms with Crippen LogP contribution in [0, 0.1) is 16.0 Å². The van der Waals surface area contributed by atoms with Gasteiger partial charge in [0, 0.05) is 24.7 Å². The van der Waals surface area contributed by atoms with Crippen LogP contribution in [0.4, 0.5) is 5.69 Å². The van der Waals surface area contributed by atoms with Crippen LogP contribution in [0.5, 0.6) is 0 Å². The lowest BCUT2D eigenvalue weighted by atomic mass is 10.0. The fraction of sp³-hybridized carbons (Fsp3) is 0.571. The Hall–Kier alpha value is -1.46. The topological polar surface area (TPSA) is 75.4 Å². The van der Waals surface area contributed by atoms with Gasteiger partial charge in [0.25, 0.3) is 5.69 Å². The van der Waals surface area contributed by atoms with E-state index >= 15 is 0 Å². The lowest BCUT2D eigenvalue weighted by molar-refractivity contribution is -0.384.